The first-order chi connectivity index (χ1) is 13.5. The summed E-state index contributed by atoms with van der Waals surface area (Å²) >= 11 is 0. The van der Waals surface area contributed by atoms with Gasteiger partial charge in [0.25, 0.3) is 0 Å². The molecule has 0 heterocycles. The molecule has 0 amide bonds. The van der Waals surface area contributed by atoms with Gasteiger partial charge in [-0.3, -0.25) is 0 Å². The van der Waals surface area contributed by atoms with Gasteiger partial charge in [0, 0.05) is 11.6 Å². The van der Waals surface area contributed by atoms with Crippen molar-refractivity contribution in [2.75, 3.05) is 13.2 Å². The number of carbonyl (C=O) groups is 2. The molecule has 2 rings (SSSR count). The van der Waals surface area contributed by atoms with Gasteiger partial charge in [0.15, 0.2) is 0 Å². The van der Waals surface area contributed by atoms with E-state index in [9.17, 15) is 9.59 Å². The zero-order valence-electron chi connectivity index (χ0n) is 17.1. The maximum Gasteiger partial charge on any atom is 0.333 e. The van der Waals surface area contributed by atoms with Crippen LogP contribution in [0.5, 0.6) is 0 Å². The van der Waals surface area contributed by atoms with Gasteiger partial charge < -0.3 is 9.47 Å². The van der Waals surface area contributed by atoms with E-state index in [-0.39, 0.29) is 13.2 Å². The molecule has 4 nitrogen and oxygen atoms in total. The molecule has 1 saturated carbocycles. The highest BCUT2D eigenvalue weighted by Gasteiger charge is 2.21. The smallest absolute Gasteiger partial charge is 0.333 e. The summed E-state index contributed by atoms with van der Waals surface area (Å²) < 4.78 is 9.88. The van der Waals surface area contributed by atoms with E-state index in [1.54, 1.807) is 13.0 Å². The highest BCUT2D eigenvalue weighted by molar-refractivity contribution is 5.87. The molecule has 0 unspecified atom stereocenters. The quantitative estimate of drug-likeness (QED) is 0.323. The fraction of sp³-hybridized carbons (Fsp3) is 0.500. The van der Waals surface area contributed by atoms with Gasteiger partial charge >= 0.3 is 11.9 Å². The van der Waals surface area contributed by atoms with Crippen LogP contribution in [0.3, 0.4) is 0 Å². The molecule has 0 atom stereocenters. The molecule has 0 spiro atoms. The third kappa shape index (κ3) is 7.34. The predicted octanol–water partition coefficient (Wildman–Crippen LogP) is 5.44. The topological polar surface area (TPSA) is 52.6 Å². The summed E-state index contributed by atoms with van der Waals surface area (Å²) in [4.78, 5) is 22.9. The fourth-order valence-electron chi connectivity index (χ4n) is 3.68. The van der Waals surface area contributed by atoms with Crippen molar-refractivity contribution in [3.05, 3.63) is 53.6 Å². The van der Waals surface area contributed by atoms with Crippen LogP contribution in [0.2, 0.25) is 0 Å². The monoisotopic (exact) mass is 384 g/mol. The van der Waals surface area contributed by atoms with E-state index in [0.717, 1.165) is 11.5 Å². The van der Waals surface area contributed by atoms with Crippen LogP contribution in [-0.2, 0) is 19.1 Å². The molecule has 0 saturated heterocycles. The average Bonchev–Trinajstić information content (AvgIpc) is 2.70. The highest BCUT2D eigenvalue weighted by Crippen LogP contribution is 2.37. The van der Waals surface area contributed by atoms with Crippen LogP contribution >= 0.6 is 0 Å². The minimum absolute atomic E-state index is 0.0282. The van der Waals surface area contributed by atoms with E-state index in [2.05, 4.69) is 25.6 Å². The van der Waals surface area contributed by atoms with Crippen LogP contribution < -0.4 is 0 Å². The van der Waals surface area contributed by atoms with E-state index in [4.69, 9.17) is 9.47 Å². The SMILES string of the molecule is C=C(C)C(=O)OCCOC(=O)/C=C/c1ccc(C2CCC(CCC)CC2)cc1. The normalized spacial score (nSPS) is 19.4. The molecule has 28 heavy (non-hydrogen) atoms. The van der Waals surface area contributed by atoms with Gasteiger partial charge in [-0.15, -0.1) is 0 Å². The number of hydrogen-bond acceptors (Lipinski definition) is 4. The standard InChI is InChI=1S/C24H32O4/c1-4-5-19-6-11-21(12-7-19)22-13-8-20(9-14-22)10-15-23(25)27-16-17-28-24(26)18(2)3/h8-10,13-15,19,21H,2,4-7,11-12,16-17H2,1,3H3/b15-10+. The largest absolute Gasteiger partial charge is 0.459 e. The molecule has 1 fully saturated rings. The number of benzene rings is 1. The molecule has 0 radical (unpaired) electrons. The Labute approximate surface area is 168 Å². The van der Waals surface area contributed by atoms with Gasteiger partial charge in [-0.25, -0.2) is 9.59 Å². The minimum Gasteiger partial charge on any atom is -0.459 e. The lowest BCUT2D eigenvalue weighted by atomic mass is 9.77. The molecular formula is C24H32O4. The van der Waals surface area contributed by atoms with Gasteiger partial charge in [-0.1, -0.05) is 50.6 Å². The van der Waals surface area contributed by atoms with Crippen molar-refractivity contribution in [2.24, 2.45) is 5.92 Å². The Hall–Kier alpha value is -2.36. The molecule has 1 aromatic rings. The second-order valence-electron chi connectivity index (χ2n) is 7.59. The van der Waals surface area contributed by atoms with Crippen molar-refractivity contribution in [1.82, 2.24) is 0 Å². The van der Waals surface area contributed by atoms with Crippen LogP contribution in [0.4, 0.5) is 0 Å². The summed E-state index contributed by atoms with van der Waals surface area (Å²) in [5, 5.41) is 0. The van der Waals surface area contributed by atoms with Gasteiger partial charge in [0.2, 0.25) is 0 Å². The Balaban J connectivity index is 1.73. The number of ether oxygens (including phenoxy) is 2. The van der Waals surface area contributed by atoms with E-state index >= 15 is 0 Å². The second-order valence-corrected chi connectivity index (χ2v) is 7.59. The Morgan fingerprint density at radius 2 is 1.71 bits per heavy atom. The maximum absolute atomic E-state index is 11.7. The van der Waals surface area contributed by atoms with Crippen LogP contribution in [0.25, 0.3) is 6.08 Å². The lowest BCUT2D eigenvalue weighted by Crippen LogP contribution is -2.13. The first kappa shape index (κ1) is 21.9. The lowest BCUT2D eigenvalue weighted by Gasteiger charge is -2.28. The van der Waals surface area contributed by atoms with Gasteiger partial charge in [0.05, 0.1) is 0 Å². The van der Waals surface area contributed by atoms with Gasteiger partial charge in [0.1, 0.15) is 13.2 Å². The Kier molecular flexibility index (Phi) is 8.99. The summed E-state index contributed by atoms with van der Waals surface area (Å²) in [7, 11) is 0. The minimum atomic E-state index is -0.481. The van der Waals surface area contributed by atoms with Crippen molar-refractivity contribution in [2.45, 2.75) is 58.3 Å². The zero-order chi connectivity index (χ0) is 20.4. The Bertz CT molecular complexity index is 679. The highest BCUT2D eigenvalue weighted by atomic mass is 16.6. The molecule has 152 valence electrons. The molecule has 1 aromatic carbocycles. The summed E-state index contributed by atoms with van der Waals surface area (Å²) in [5.74, 6) is 0.645. The number of carbonyl (C=O) groups excluding carboxylic acids is 2. The summed E-state index contributed by atoms with van der Waals surface area (Å²) in [6.45, 7) is 7.38. The number of rotatable bonds is 9. The second kappa shape index (κ2) is 11.5. The average molecular weight is 385 g/mol. The van der Waals surface area contributed by atoms with Crippen LogP contribution in [0, 0.1) is 5.92 Å². The lowest BCUT2D eigenvalue weighted by molar-refractivity contribution is -0.146. The fourth-order valence-corrected chi connectivity index (χ4v) is 3.68. The zero-order valence-corrected chi connectivity index (χ0v) is 17.1. The molecule has 0 bridgehead atoms. The Morgan fingerprint density at radius 3 is 2.32 bits per heavy atom. The predicted molar refractivity (Wildman–Crippen MR) is 112 cm³/mol. The molecule has 0 aromatic heterocycles. The van der Waals surface area contributed by atoms with Crippen molar-refractivity contribution < 1.29 is 19.1 Å². The maximum atomic E-state index is 11.7. The van der Waals surface area contributed by atoms with Crippen molar-refractivity contribution in [3.8, 4) is 0 Å². The van der Waals surface area contributed by atoms with Crippen LogP contribution in [0.1, 0.15) is 69.4 Å². The van der Waals surface area contributed by atoms with E-state index in [0.29, 0.717) is 11.5 Å². The van der Waals surface area contributed by atoms with E-state index < -0.39 is 11.9 Å². The summed E-state index contributed by atoms with van der Waals surface area (Å²) in [6.07, 6.45) is 11.0. The van der Waals surface area contributed by atoms with Crippen LogP contribution in [0.15, 0.2) is 42.5 Å². The molecule has 0 aliphatic heterocycles. The molecule has 1 aliphatic rings. The van der Waals surface area contributed by atoms with Gasteiger partial charge in [-0.2, -0.15) is 0 Å². The van der Waals surface area contributed by atoms with Gasteiger partial charge in [-0.05, 0) is 61.6 Å². The van der Waals surface area contributed by atoms with E-state index in [1.807, 2.05) is 12.1 Å². The van der Waals surface area contributed by atoms with E-state index in [1.165, 1.54) is 50.2 Å². The number of hydrogen-bond donors (Lipinski definition) is 0. The Morgan fingerprint density at radius 1 is 1.07 bits per heavy atom. The number of esters is 2. The first-order valence-electron chi connectivity index (χ1n) is 10.3. The summed E-state index contributed by atoms with van der Waals surface area (Å²) in [5.41, 5.74) is 2.69. The van der Waals surface area contributed by atoms with Crippen LogP contribution in [-0.4, -0.2) is 25.2 Å². The molecule has 0 N–H and O–H groups in total. The third-order valence-corrected chi connectivity index (χ3v) is 5.27. The first-order valence-corrected chi connectivity index (χ1v) is 10.3. The van der Waals surface area contributed by atoms with Crippen molar-refractivity contribution >= 4 is 18.0 Å². The third-order valence-electron chi connectivity index (χ3n) is 5.27. The molecule has 1 aliphatic carbocycles. The van der Waals surface area contributed by atoms with Crippen molar-refractivity contribution in [1.29, 1.82) is 0 Å². The van der Waals surface area contributed by atoms with Crippen molar-refractivity contribution in [3.63, 3.8) is 0 Å². The molecule has 4 heteroatoms. The summed E-state index contributed by atoms with van der Waals surface area (Å²) in [6, 6.07) is 8.44. The molecular weight excluding hydrogens is 352 g/mol.